The molecule has 0 unspecified atom stereocenters. The first-order chi connectivity index (χ1) is 16.1. The van der Waals surface area contributed by atoms with E-state index >= 15 is 4.39 Å². The molecule has 2 aliphatic rings. The molecule has 2 heterocycles. The Kier molecular flexibility index (Phi) is 5.17. The van der Waals surface area contributed by atoms with Gasteiger partial charge in [0.1, 0.15) is 17.2 Å². The van der Waals surface area contributed by atoms with Crippen molar-refractivity contribution >= 4 is 27.5 Å². The van der Waals surface area contributed by atoms with E-state index in [-0.39, 0.29) is 24.2 Å². The average molecular weight is 463 g/mol. The average Bonchev–Trinajstić information content (AvgIpc) is 3.60. The topological polar surface area (TPSA) is 80.9 Å². The van der Waals surface area contributed by atoms with Crippen molar-refractivity contribution in [2.75, 3.05) is 0 Å². The summed E-state index contributed by atoms with van der Waals surface area (Å²) in [6.07, 6.45) is 5.23. The molecule has 6 rings (SSSR count). The fourth-order valence-corrected chi connectivity index (χ4v) is 6.29. The van der Waals surface area contributed by atoms with Crippen LogP contribution in [0.1, 0.15) is 42.5 Å². The van der Waals surface area contributed by atoms with Crippen molar-refractivity contribution in [3.8, 4) is 11.1 Å². The number of amides is 1. The third kappa shape index (κ3) is 4.04. The lowest BCUT2D eigenvalue weighted by Gasteiger charge is -2.22. The standard InChI is InChI=1S/C25H23FN4O2S/c26-24-17(15-4-2-1-3-5-15)8-9-18-25(24)33-23(28-18)13-22-30-29-21(32-22)12-20(31)27-19-11-14-6-7-16(19)10-14/h1-5,8-9,14,16,19H,6-7,10-13H2,(H,27,31)/t14-,16+,19+/m0/s1. The van der Waals surface area contributed by atoms with Crippen LogP contribution >= 0.6 is 11.3 Å². The smallest absolute Gasteiger partial charge is 0.229 e. The van der Waals surface area contributed by atoms with E-state index in [9.17, 15) is 4.79 Å². The van der Waals surface area contributed by atoms with Crippen molar-refractivity contribution < 1.29 is 13.6 Å². The SMILES string of the molecule is O=C(Cc1nnc(Cc2nc3ccc(-c4ccccc4)c(F)c3s2)o1)N[C@@H]1C[C@H]2CC[C@@H]1C2. The number of carbonyl (C=O) groups is 1. The van der Waals surface area contributed by atoms with Gasteiger partial charge in [-0.05, 0) is 48.8 Å². The number of benzene rings is 2. The molecular weight excluding hydrogens is 439 g/mol. The predicted octanol–water partition coefficient (Wildman–Crippen LogP) is 4.92. The van der Waals surface area contributed by atoms with Gasteiger partial charge in [-0.25, -0.2) is 9.37 Å². The first-order valence-electron chi connectivity index (χ1n) is 11.4. The minimum absolute atomic E-state index is 0.0711. The number of halogens is 1. The van der Waals surface area contributed by atoms with E-state index in [1.807, 2.05) is 36.4 Å². The molecule has 2 bridgehead atoms. The largest absolute Gasteiger partial charge is 0.424 e. The summed E-state index contributed by atoms with van der Waals surface area (Å²) in [4.78, 5) is 17.0. The molecule has 2 aromatic heterocycles. The highest BCUT2D eigenvalue weighted by Crippen LogP contribution is 2.44. The van der Waals surface area contributed by atoms with Crippen LogP contribution in [0.2, 0.25) is 0 Å². The summed E-state index contributed by atoms with van der Waals surface area (Å²) in [7, 11) is 0. The monoisotopic (exact) mass is 462 g/mol. The van der Waals surface area contributed by atoms with E-state index in [2.05, 4.69) is 20.5 Å². The van der Waals surface area contributed by atoms with Gasteiger partial charge in [0, 0.05) is 11.6 Å². The van der Waals surface area contributed by atoms with Crippen LogP contribution < -0.4 is 5.32 Å². The van der Waals surface area contributed by atoms with Crippen molar-refractivity contribution in [1.29, 1.82) is 0 Å². The molecule has 168 valence electrons. The van der Waals surface area contributed by atoms with Crippen molar-refractivity contribution in [2.45, 2.75) is 44.6 Å². The maximum absolute atomic E-state index is 15.2. The molecule has 0 radical (unpaired) electrons. The van der Waals surface area contributed by atoms with Gasteiger partial charge in [0.25, 0.3) is 0 Å². The lowest BCUT2D eigenvalue weighted by molar-refractivity contribution is -0.121. The summed E-state index contributed by atoms with van der Waals surface area (Å²) in [6, 6.07) is 13.3. The van der Waals surface area contributed by atoms with Gasteiger partial charge in [0.15, 0.2) is 0 Å². The quantitative estimate of drug-likeness (QED) is 0.440. The van der Waals surface area contributed by atoms with Gasteiger partial charge in [0.05, 0.1) is 16.6 Å². The zero-order valence-electron chi connectivity index (χ0n) is 18.0. The fraction of sp³-hybridized carbons (Fsp3) is 0.360. The van der Waals surface area contributed by atoms with Crippen LogP contribution in [0.4, 0.5) is 4.39 Å². The molecule has 2 fully saturated rings. The Morgan fingerprint density at radius 2 is 1.94 bits per heavy atom. The number of hydrogen-bond donors (Lipinski definition) is 1. The summed E-state index contributed by atoms with van der Waals surface area (Å²) in [6.45, 7) is 0. The second kappa shape index (κ2) is 8.33. The van der Waals surface area contributed by atoms with Gasteiger partial charge in [-0.15, -0.1) is 21.5 Å². The Balaban J connectivity index is 1.14. The number of hydrogen-bond acceptors (Lipinski definition) is 6. The second-order valence-corrected chi connectivity index (χ2v) is 10.1. The van der Waals surface area contributed by atoms with E-state index in [1.165, 1.54) is 30.6 Å². The van der Waals surface area contributed by atoms with Gasteiger partial charge < -0.3 is 9.73 Å². The van der Waals surface area contributed by atoms with Crippen LogP contribution in [0.3, 0.4) is 0 Å². The number of nitrogens with one attached hydrogen (secondary N) is 1. The molecule has 3 atom stereocenters. The zero-order chi connectivity index (χ0) is 22.4. The maximum Gasteiger partial charge on any atom is 0.229 e. The molecule has 8 heteroatoms. The summed E-state index contributed by atoms with van der Waals surface area (Å²) in [5.74, 6) is 1.73. The van der Waals surface area contributed by atoms with Crippen molar-refractivity contribution in [3.05, 3.63) is 65.1 Å². The van der Waals surface area contributed by atoms with Crippen LogP contribution in [-0.2, 0) is 17.6 Å². The zero-order valence-corrected chi connectivity index (χ0v) is 18.8. The number of aromatic nitrogens is 3. The highest BCUT2D eigenvalue weighted by molar-refractivity contribution is 7.18. The highest BCUT2D eigenvalue weighted by Gasteiger charge is 2.40. The summed E-state index contributed by atoms with van der Waals surface area (Å²) >= 11 is 1.29. The number of rotatable bonds is 6. The molecule has 0 aliphatic heterocycles. The molecule has 2 aromatic carbocycles. The lowest BCUT2D eigenvalue weighted by atomic mass is 9.95. The predicted molar refractivity (Wildman–Crippen MR) is 123 cm³/mol. The minimum atomic E-state index is -0.272. The van der Waals surface area contributed by atoms with Crippen LogP contribution in [-0.4, -0.2) is 27.1 Å². The third-order valence-electron chi connectivity index (χ3n) is 6.83. The minimum Gasteiger partial charge on any atom is -0.424 e. The molecule has 0 spiro atoms. The first-order valence-corrected chi connectivity index (χ1v) is 12.2. The van der Waals surface area contributed by atoms with Crippen LogP contribution in [0.25, 0.3) is 21.3 Å². The van der Waals surface area contributed by atoms with E-state index in [1.54, 1.807) is 6.07 Å². The molecule has 1 N–H and O–H groups in total. The van der Waals surface area contributed by atoms with E-state index < -0.39 is 0 Å². The Hall–Kier alpha value is -3.13. The Morgan fingerprint density at radius 3 is 2.73 bits per heavy atom. The lowest BCUT2D eigenvalue weighted by Crippen LogP contribution is -2.39. The summed E-state index contributed by atoms with van der Waals surface area (Å²) < 4.78 is 21.4. The first kappa shape index (κ1) is 20.5. The van der Waals surface area contributed by atoms with Gasteiger partial charge >= 0.3 is 0 Å². The Bertz CT molecular complexity index is 1320. The van der Waals surface area contributed by atoms with E-state index in [4.69, 9.17) is 4.42 Å². The fourth-order valence-electron chi connectivity index (χ4n) is 5.30. The normalized spacial score (nSPS) is 21.7. The summed E-state index contributed by atoms with van der Waals surface area (Å²) in [5.41, 5.74) is 1.99. The van der Waals surface area contributed by atoms with Crippen LogP contribution in [0.5, 0.6) is 0 Å². The Labute approximate surface area is 194 Å². The van der Waals surface area contributed by atoms with Crippen LogP contribution in [0.15, 0.2) is 46.9 Å². The molecule has 1 amide bonds. The molecular formula is C25H23FN4O2S. The molecule has 2 saturated carbocycles. The van der Waals surface area contributed by atoms with Gasteiger partial charge in [-0.3, -0.25) is 4.79 Å². The van der Waals surface area contributed by atoms with Gasteiger partial charge in [0.2, 0.25) is 17.7 Å². The molecule has 4 aromatic rings. The second-order valence-electron chi connectivity index (χ2n) is 9.04. The van der Waals surface area contributed by atoms with Crippen molar-refractivity contribution in [3.63, 3.8) is 0 Å². The maximum atomic E-state index is 15.2. The number of nitrogens with zero attached hydrogens (tertiary/aromatic N) is 3. The molecule has 33 heavy (non-hydrogen) atoms. The van der Waals surface area contributed by atoms with Crippen molar-refractivity contribution in [2.24, 2.45) is 11.8 Å². The Morgan fingerprint density at radius 1 is 1.09 bits per heavy atom. The van der Waals surface area contributed by atoms with Gasteiger partial charge in [-0.2, -0.15) is 0 Å². The van der Waals surface area contributed by atoms with E-state index in [0.29, 0.717) is 44.9 Å². The molecule has 2 aliphatic carbocycles. The molecule has 0 saturated heterocycles. The number of thiazole rings is 1. The van der Waals surface area contributed by atoms with Crippen molar-refractivity contribution in [1.82, 2.24) is 20.5 Å². The molecule has 6 nitrogen and oxygen atoms in total. The highest BCUT2D eigenvalue weighted by atomic mass is 32.1. The summed E-state index contributed by atoms with van der Waals surface area (Å²) in [5, 5.41) is 11.9. The number of carbonyl (C=O) groups excluding carboxylic acids is 1. The van der Waals surface area contributed by atoms with Crippen LogP contribution in [0, 0.1) is 17.7 Å². The third-order valence-corrected chi connectivity index (χ3v) is 7.90. The van der Waals surface area contributed by atoms with Gasteiger partial charge in [-0.1, -0.05) is 36.8 Å². The van der Waals surface area contributed by atoms with E-state index in [0.717, 1.165) is 17.9 Å². The number of fused-ring (bicyclic) bond motifs is 3.